The number of carbonyl (C=O) groups excluding carboxylic acids is 1. The lowest BCUT2D eigenvalue weighted by Gasteiger charge is -2.30. The summed E-state index contributed by atoms with van der Waals surface area (Å²) in [6.07, 6.45) is 1.71. The Labute approximate surface area is 181 Å². The average Bonchev–Trinajstić information content (AvgIpc) is 3.35. The molecule has 2 aromatic carbocycles. The molecule has 1 aliphatic rings. The van der Waals surface area contributed by atoms with Crippen LogP contribution in [0.2, 0.25) is 0 Å². The maximum atomic E-state index is 13.3. The van der Waals surface area contributed by atoms with E-state index >= 15 is 0 Å². The number of nitrogens with zero attached hydrogens (tertiary/aromatic N) is 4. The molecule has 0 atom stereocenters. The number of amides is 1. The van der Waals surface area contributed by atoms with E-state index in [-0.39, 0.29) is 11.8 Å². The molecule has 1 fully saturated rings. The second-order valence-electron chi connectivity index (χ2n) is 8.28. The zero-order valence-corrected chi connectivity index (χ0v) is 17.9. The summed E-state index contributed by atoms with van der Waals surface area (Å²) in [5, 5.41) is 4.65. The van der Waals surface area contributed by atoms with Crippen molar-refractivity contribution in [2.75, 3.05) is 13.1 Å². The predicted molar refractivity (Wildman–Crippen MR) is 119 cm³/mol. The van der Waals surface area contributed by atoms with Gasteiger partial charge in [-0.3, -0.25) is 9.48 Å². The van der Waals surface area contributed by atoms with Crippen molar-refractivity contribution in [2.24, 2.45) is 0 Å². The highest BCUT2D eigenvalue weighted by Crippen LogP contribution is 2.31. The van der Waals surface area contributed by atoms with E-state index in [2.05, 4.69) is 22.2 Å². The smallest absolute Gasteiger partial charge is 0.257 e. The van der Waals surface area contributed by atoms with Gasteiger partial charge in [-0.2, -0.15) is 5.10 Å². The van der Waals surface area contributed by atoms with E-state index in [1.54, 1.807) is 0 Å². The molecule has 0 aliphatic carbocycles. The molecule has 2 aromatic heterocycles. The number of likely N-dealkylation sites (tertiary alicyclic amines) is 1. The highest BCUT2D eigenvalue weighted by molar-refractivity contribution is 5.96. The Kier molecular flexibility index (Phi) is 5.06. The Hall–Kier alpha value is -3.41. The zero-order chi connectivity index (χ0) is 21.4. The monoisotopic (exact) mass is 414 g/mol. The van der Waals surface area contributed by atoms with E-state index in [4.69, 9.17) is 4.42 Å². The normalized spacial score (nSPS) is 15.0. The SMILES string of the molecule is Cc1nn(Cc2ccccc2)c(C)c1C(=O)N1CCC(c2nc3ccccc3o2)CC1. The molecule has 0 spiro atoms. The van der Waals surface area contributed by atoms with Gasteiger partial charge in [0.1, 0.15) is 5.52 Å². The van der Waals surface area contributed by atoms with Crippen molar-refractivity contribution in [1.29, 1.82) is 0 Å². The van der Waals surface area contributed by atoms with Crippen LogP contribution in [0.5, 0.6) is 0 Å². The summed E-state index contributed by atoms with van der Waals surface area (Å²) in [6, 6.07) is 18.1. The van der Waals surface area contributed by atoms with Gasteiger partial charge in [0.2, 0.25) is 0 Å². The molecular weight excluding hydrogens is 388 g/mol. The third kappa shape index (κ3) is 3.74. The van der Waals surface area contributed by atoms with Crippen LogP contribution in [0.4, 0.5) is 0 Å². The predicted octanol–water partition coefficient (Wildman–Crippen LogP) is 4.71. The quantitative estimate of drug-likeness (QED) is 0.485. The molecule has 0 saturated carbocycles. The number of carbonyl (C=O) groups is 1. The molecule has 6 heteroatoms. The van der Waals surface area contributed by atoms with E-state index in [0.29, 0.717) is 19.6 Å². The van der Waals surface area contributed by atoms with Crippen LogP contribution in [0.3, 0.4) is 0 Å². The summed E-state index contributed by atoms with van der Waals surface area (Å²) in [5.74, 6) is 1.11. The summed E-state index contributed by atoms with van der Waals surface area (Å²) >= 11 is 0. The van der Waals surface area contributed by atoms with Gasteiger partial charge in [0.25, 0.3) is 5.91 Å². The Balaban J connectivity index is 1.29. The van der Waals surface area contributed by atoms with Gasteiger partial charge in [-0.1, -0.05) is 42.5 Å². The van der Waals surface area contributed by atoms with Crippen molar-refractivity contribution < 1.29 is 9.21 Å². The minimum atomic E-state index is 0.0744. The van der Waals surface area contributed by atoms with Crippen LogP contribution in [0, 0.1) is 13.8 Å². The topological polar surface area (TPSA) is 64.2 Å². The molecular formula is C25H26N4O2. The van der Waals surface area contributed by atoms with Crippen LogP contribution in [-0.2, 0) is 6.54 Å². The molecule has 1 saturated heterocycles. The van der Waals surface area contributed by atoms with Gasteiger partial charge >= 0.3 is 0 Å². The van der Waals surface area contributed by atoms with Gasteiger partial charge in [-0.25, -0.2) is 4.98 Å². The summed E-state index contributed by atoms with van der Waals surface area (Å²) < 4.78 is 7.89. The number of aromatic nitrogens is 3. The lowest BCUT2D eigenvalue weighted by atomic mass is 9.96. The van der Waals surface area contributed by atoms with E-state index in [9.17, 15) is 4.79 Å². The first-order valence-corrected chi connectivity index (χ1v) is 10.8. The Morgan fingerprint density at radius 1 is 1.03 bits per heavy atom. The van der Waals surface area contributed by atoms with Gasteiger partial charge in [0, 0.05) is 24.7 Å². The summed E-state index contributed by atoms with van der Waals surface area (Å²) in [5.41, 5.74) is 5.34. The van der Waals surface area contributed by atoms with E-state index in [0.717, 1.165) is 46.8 Å². The van der Waals surface area contributed by atoms with Crippen molar-refractivity contribution in [3.05, 3.63) is 83.0 Å². The van der Waals surface area contributed by atoms with Crippen LogP contribution >= 0.6 is 0 Å². The first-order chi connectivity index (χ1) is 15.1. The lowest BCUT2D eigenvalue weighted by Crippen LogP contribution is -2.38. The zero-order valence-electron chi connectivity index (χ0n) is 17.9. The standard InChI is InChI=1S/C25H26N4O2/c1-17-23(18(2)29(27-17)16-19-8-4-3-5-9-19)25(30)28-14-12-20(13-15-28)24-26-21-10-6-7-11-22(21)31-24/h3-11,20H,12-16H2,1-2H3. The fraction of sp³-hybridized carbons (Fsp3) is 0.320. The van der Waals surface area contributed by atoms with E-state index in [1.165, 1.54) is 5.56 Å². The summed E-state index contributed by atoms with van der Waals surface area (Å²) in [6.45, 7) is 5.98. The molecule has 31 heavy (non-hydrogen) atoms. The van der Waals surface area contributed by atoms with Crippen molar-refractivity contribution in [2.45, 2.75) is 39.2 Å². The molecule has 4 aromatic rings. The molecule has 0 bridgehead atoms. The molecule has 1 aliphatic heterocycles. The summed E-state index contributed by atoms with van der Waals surface area (Å²) in [7, 11) is 0. The Morgan fingerprint density at radius 2 is 1.74 bits per heavy atom. The number of hydrogen-bond donors (Lipinski definition) is 0. The number of rotatable bonds is 4. The Bertz CT molecular complexity index is 1180. The molecule has 0 N–H and O–H groups in total. The average molecular weight is 415 g/mol. The molecule has 3 heterocycles. The van der Waals surface area contributed by atoms with Crippen molar-refractivity contribution in [3.8, 4) is 0 Å². The van der Waals surface area contributed by atoms with Gasteiger partial charge in [0.15, 0.2) is 11.5 Å². The Morgan fingerprint density at radius 3 is 2.48 bits per heavy atom. The summed E-state index contributed by atoms with van der Waals surface area (Å²) in [4.78, 5) is 19.9. The maximum absolute atomic E-state index is 13.3. The van der Waals surface area contributed by atoms with Crippen LogP contribution in [0.15, 0.2) is 59.0 Å². The molecule has 6 nitrogen and oxygen atoms in total. The first-order valence-electron chi connectivity index (χ1n) is 10.8. The number of fused-ring (bicyclic) bond motifs is 1. The number of hydrogen-bond acceptors (Lipinski definition) is 4. The number of aryl methyl sites for hydroxylation is 1. The second kappa shape index (κ2) is 8.02. The molecule has 0 unspecified atom stereocenters. The third-order valence-corrected chi connectivity index (χ3v) is 6.21. The van der Waals surface area contributed by atoms with Gasteiger partial charge in [0.05, 0.1) is 17.8 Å². The van der Waals surface area contributed by atoms with E-state index < -0.39 is 0 Å². The largest absolute Gasteiger partial charge is 0.440 e. The van der Waals surface area contributed by atoms with Crippen LogP contribution in [0.25, 0.3) is 11.1 Å². The van der Waals surface area contributed by atoms with Crippen LogP contribution in [-0.4, -0.2) is 38.7 Å². The second-order valence-corrected chi connectivity index (χ2v) is 8.28. The van der Waals surface area contributed by atoms with E-state index in [1.807, 2.05) is 65.9 Å². The number of benzene rings is 2. The fourth-order valence-corrected chi connectivity index (χ4v) is 4.47. The number of piperidine rings is 1. The number of oxazole rings is 1. The third-order valence-electron chi connectivity index (χ3n) is 6.21. The maximum Gasteiger partial charge on any atom is 0.257 e. The van der Waals surface area contributed by atoms with Gasteiger partial charge < -0.3 is 9.32 Å². The molecule has 158 valence electrons. The lowest BCUT2D eigenvalue weighted by molar-refractivity contribution is 0.0705. The molecule has 5 rings (SSSR count). The van der Waals surface area contributed by atoms with Gasteiger partial charge in [-0.15, -0.1) is 0 Å². The first kappa shape index (κ1) is 19.5. The van der Waals surface area contributed by atoms with Crippen molar-refractivity contribution >= 4 is 17.0 Å². The van der Waals surface area contributed by atoms with Crippen LogP contribution in [0.1, 0.15) is 52.0 Å². The molecule has 1 amide bonds. The highest BCUT2D eigenvalue weighted by Gasteiger charge is 2.30. The minimum absolute atomic E-state index is 0.0744. The van der Waals surface area contributed by atoms with Crippen molar-refractivity contribution in [1.82, 2.24) is 19.7 Å². The highest BCUT2D eigenvalue weighted by atomic mass is 16.3. The fourth-order valence-electron chi connectivity index (χ4n) is 4.47. The van der Waals surface area contributed by atoms with Crippen LogP contribution < -0.4 is 0 Å². The number of para-hydroxylation sites is 2. The molecule has 0 radical (unpaired) electrons. The van der Waals surface area contributed by atoms with Gasteiger partial charge in [-0.05, 0) is 44.4 Å². The minimum Gasteiger partial charge on any atom is -0.440 e. The van der Waals surface area contributed by atoms with Crippen molar-refractivity contribution in [3.63, 3.8) is 0 Å².